The Bertz CT molecular complexity index is 346. The highest BCUT2D eigenvalue weighted by molar-refractivity contribution is 8.04. The first-order valence-corrected chi connectivity index (χ1v) is 5.81. The Kier molecular flexibility index (Phi) is 4.98. The van der Waals surface area contributed by atoms with Crippen LogP contribution in [0.15, 0.2) is 41.4 Å². The van der Waals surface area contributed by atoms with Crippen LogP contribution in [0.4, 0.5) is 0 Å². The molecule has 1 N–H and O–H groups in total. The van der Waals surface area contributed by atoms with Crippen LogP contribution in [0.2, 0.25) is 0 Å². The smallest absolute Gasteiger partial charge is 0.235 e. The number of allylic oxidation sites excluding steroid dienone is 1. The molecule has 1 fully saturated rings. The van der Waals surface area contributed by atoms with Gasteiger partial charge in [-0.25, -0.2) is 0 Å². The van der Waals surface area contributed by atoms with E-state index in [2.05, 4.69) is 24.4 Å². The molecule has 0 unspecified atom stereocenters. The average Bonchev–Trinajstić information content (AvgIpc) is 2.66. The van der Waals surface area contributed by atoms with Gasteiger partial charge >= 0.3 is 0 Å². The fourth-order valence-corrected chi connectivity index (χ4v) is 1.75. The molecule has 0 bridgehead atoms. The third kappa shape index (κ3) is 4.70. The molecular weight excluding hydrogens is 206 g/mol. The number of carbonyl (C=O) groups excluding carboxylic acids is 1. The standard InChI is InChI=1S/C7H8.C5H7NOS/c1-7-5-3-2-4-6-7;1-2-5-6-4(7)3-8-5/h2-6H,1H3;2H,3H2,1H3,(H,6,7)/b;5-2-. The van der Waals surface area contributed by atoms with Gasteiger partial charge in [0, 0.05) is 0 Å². The maximum absolute atomic E-state index is 10.4. The second-order valence-corrected chi connectivity index (χ2v) is 4.16. The van der Waals surface area contributed by atoms with Crippen LogP contribution in [0.25, 0.3) is 0 Å². The summed E-state index contributed by atoms with van der Waals surface area (Å²) < 4.78 is 0. The zero-order valence-corrected chi connectivity index (χ0v) is 9.80. The lowest BCUT2D eigenvalue weighted by molar-refractivity contribution is -0.117. The van der Waals surface area contributed by atoms with Gasteiger partial charge in [0.15, 0.2) is 0 Å². The number of hydrogen-bond donors (Lipinski definition) is 1. The van der Waals surface area contributed by atoms with Gasteiger partial charge in [0.2, 0.25) is 5.91 Å². The lowest BCUT2D eigenvalue weighted by atomic mass is 10.2. The summed E-state index contributed by atoms with van der Waals surface area (Å²) in [5.41, 5.74) is 1.32. The van der Waals surface area contributed by atoms with E-state index < -0.39 is 0 Å². The highest BCUT2D eigenvalue weighted by Crippen LogP contribution is 2.17. The number of carbonyl (C=O) groups is 1. The number of benzene rings is 1. The second kappa shape index (κ2) is 6.30. The Labute approximate surface area is 94.8 Å². The normalized spacial score (nSPS) is 16.9. The summed E-state index contributed by atoms with van der Waals surface area (Å²) in [6.45, 7) is 3.99. The van der Waals surface area contributed by atoms with E-state index in [1.165, 1.54) is 5.56 Å². The van der Waals surface area contributed by atoms with Crippen molar-refractivity contribution in [2.75, 3.05) is 5.75 Å². The first-order valence-electron chi connectivity index (χ1n) is 4.83. The molecule has 2 rings (SSSR count). The third-order valence-electron chi connectivity index (χ3n) is 1.82. The highest BCUT2D eigenvalue weighted by atomic mass is 32.2. The van der Waals surface area contributed by atoms with Crippen LogP contribution in [0.1, 0.15) is 12.5 Å². The summed E-state index contributed by atoms with van der Waals surface area (Å²) in [4.78, 5) is 10.4. The molecule has 0 spiro atoms. The van der Waals surface area contributed by atoms with E-state index in [1.807, 2.05) is 31.2 Å². The van der Waals surface area contributed by atoms with Crippen LogP contribution in [0.3, 0.4) is 0 Å². The molecule has 15 heavy (non-hydrogen) atoms. The number of aryl methyl sites for hydroxylation is 1. The van der Waals surface area contributed by atoms with Crippen LogP contribution >= 0.6 is 11.8 Å². The lowest BCUT2D eigenvalue weighted by Crippen LogP contribution is -2.13. The Balaban J connectivity index is 0.000000151. The van der Waals surface area contributed by atoms with E-state index in [-0.39, 0.29) is 5.91 Å². The van der Waals surface area contributed by atoms with Gasteiger partial charge in [-0.05, 0) is 13.8 Å². The molecule has 1 amide bonds. The molecule has 0 aromatic heterocycles. The Morgan fingerprint density at radius 1 is 1.33 bits per heavy atom. The van der Waals surface area contributed by atoms with Gasteiger partial charge in [0.25, 0.3) is 0 Å². The first kappa shape index (κ1) is 11.9. The molecule has 2 nitrogen and oxygen atoms in total. The quantitative estimate of drug-likeness (QED) is 0.730. The molecule has 0 aliphatic carbocycles. The maximum atomic E-state index is 10.4. The summed E-state index contributed by atoms with van der Waals surface area (Å²) in [7, 11) is 0. The van der Waals surface area contributed by atoms with Gasteiger partial charge in [-0.15, -0.1) is 0 Å². The average molecular weight is 221 g/mol. The van der Waals surface area contributed by atoms with Crippen molar-refractivity contribution in [2.24, 2.45) is 0 Å². The Morgan fingerprint density at radius 3 is 2.27 bits per heavy atom. The van der Waals surface area contributed by atoms with Crippen molar-refractivity contribution in [1.29, 1.82) is 0 Å². The Morgan fingerprint density at radius 2 is 2.00 bits per heavy atom. The van der Waals surface area contributed by atoms with Crippen LogP contribution in [-0.4, -0.2) is 11.7 Å². The van der Waals surface area contributed by atoms with E-state index in [1.54, 1.807) is 11.8 Å². The van der Waals surface area contributed by atoms with E-state index >= 15 is 0 Å². The van der Waals surface area contributed by atoms with Gasteiger partial charge in [-0.2, -0.15) is 0 Å². The zero-order valence-electron chi connectivity index (χ0n) is 8.99. The van der Waals surface area contributed by atoms with E-state index in [0.29, 0.717) is 5.75 Å². The van der Waals surface area contributed by atoms with Crippen molar-refractivity contribution in [3.05, 3.63) is 47.0 Å². The summed E-state index contributed by atoms with van der Waals surface area (Å²) in [6, 6.07) is 10.3. The molecule has 1 aliphatic rings. The fourth-order valence-electron chi connectivity index (χ4n) is 1.04. The maximum Gasteiger partial charge on any atom is 0.235 e. The summed E-state index contributed by atoms with van der Waals surface area (Å²) in [5.74, 6) is 0.697. The molecule has 1 saturated heterocycles. The minimum absolute atomic E-state index is 0.114. The topological polar surface area (TPSA) is 29.1 Å². The van der Waals surface area contributed by atoms with Gasteiger partial charge in [-0.3, -0.25) is 4.79 Å². The third-order valence-corrected chi connectivity index (χ3v) is 2.88. The molecule has 1 heterocycles. The molecule has 0 atom stereocenters. The number of amides is 1. The van der Waals surface area contributed by atoms with Gasteiger partial charge in [-0.1, -0.05) is 53.7 Å². The predicted molar refractivity (Wildman–Crippen MR) is 65.5 cm³/mol. The van der Waals surface area contributed by atoms with Crippen molar-refractivity contribution in [3.8, 4) is 0 Å². The molecule has 80 valence electrons. The van der Waals surface area contributed by atoms with Gasteiger partial charge < -0.3 is 5.32 Å². The monoisotopic (exact) mass is 221 g/mol. The summed E-state index contributed by atoms with van der Waals surface area (Å²) in [6.07, 6.45) is 1.90. The van der Waals surface area contributed by atoms with Crippen LogP contribution in [-0.2, 0) is 4.79 Å². The summed E-state index contributed by atoms with van der Waals surface area (Å²) in [5, 5.41) is 3.67. The number of nitrogens with one attached hydrogen (secondary N) is 1. The molecule has 0 saturated carbocycles. The SMILES string of the molecule is C/C=C1/NC(=O)CS1.Cc1ccccc1. The van der Waals surface area contributed by atoms with E-state index in [9.17, 15) is 4.79 Å². The van der Waals surface area contributed by atoms with Crippen molar-refractivity contribution in [3.63, 3.8) is 0 Å². The number of thioether (sulfide) groups is 1. The molecule has 3 heteroatoms. The molecule has 0 radical (unpaired) electrons. The van der Waals surface area contributed by atoms with Crippen LogP contribution in [0.5, 0.6) is 0 Å². The van der Waals surface area contributed by atoms with Crippen LogP contribution < -0.4 is 5.32 Å². The number of hydrogen-bond acceptors (Lipinski definition) is 2. The Hall–Kier alpha value is -1.22. The van der Waals surface area contributed by atoms with Crippen molar-refractivity contribution in [1.82, 2.24) is 5.32 Å². The van der Waals surface area contributed by atoms with Crippen LogP contribution in [0, 0.1) is 6.92 Å². The van der Waals surface area contributed by atoms with Crippen molar-refractivity contribution >= 4 is 17.7 Å². The van der Waals surface area contributed by atoms with Crippen molar-refractivity contribution < 1.29 is 4.79 Å². The summed E-state index contributed by atoms with van der Waals surface area (Å²) >= 11 is 1.55. The first-order chi connectivity index (χ1) is 7.22. The molecule has 1 aromatic carbocycles. The van der Waals surface area contributed by atoms with Gasteiger partial charge in [0.1, 0.15) is 0 Å². The largest absolute Gasteiger partial charge is 0.320 e. The highest BCUT2D eigenvalue weighted by Gasteiger charge is 2.12. The number of rotatable bonds is 0. The molecular formula is C12H15NOS. The second-order valence-electron chi connectivity index (χ2n) is 3.14. The predicted octanol–water partition coefficient (Wildman–Crippen LogP) is 2.71. The minimum atomic E-state index is 0.114. The zero-order chi connectivity index (χ0) is 11.1. The van der Waals surface area contributed by atoms with E-state index in [0.717, 1.165) is 5.03 Å². The van der Waals surface area contributed by atoms with E-state index in [4.69, 9.17) is 0 Å². The fraction of sp³-hybridized carbons (Fsp3) is 0.250. The molecule has 1 aromatic rings. The lowest BCUT2D eigenvalue weighted by Gasteiger charge is -1.88. The van der Waals surface area contributed by atoms with Gasteiger partial charge in [0.05, 0.1) is 10.8 Å². The minimum Gasteiger partial charge on any atom is -0.320 e. The molecule has 1 aliphatic heterocycles. The van der Waals surface area contributed by atoms with Crippen molar-refractivity contribution in [2.45, 2.75) is 13.8 Å².